The third kappa shape index (κ3) is 2.51. The van der Waals surface area contributed by atoms with Crippen molar-refractivity contribution in [1.29, 1.82) is 0 Å². The van der Waals surface area contributed by atoms with Gasteiger partial charge in [0.15, 0.2) is 0 Å². The summed E-state index contributed by atoms with van der Waals surface area (Å²) in [5.41, 5.74) is 3.04. The molecular weight excluding hydrogens is 299 g/mol. The molecule has 1 fully saturated rings. The number of fused-ring (bicyclic) bond motifs is 1. The van der Waals surface area contributed by atoms with Crippen molar-refractivity contribution < 1.29 is 9.31 Å². The van der Waals surface area contributed by atoms with Gasteiger partial charge in [-0.15, -0.1) is 0 Å². The van der Waals surface area contributed by atoms with E-state index in [9.17, 15) is 0 Å². The maximum absolute atomic E-state index is 6.19. The van der Waals surface area contributed by atoms with Crippen LogP contribution in [-0.2, 0) is 9.31 Å². The summed E-state index contributed by atoms with van der Waals surface area (Å²) in [7, 11) is -0.199. The monoisotopic (exact) mass is 324 g/mol. The number of benzene rings is 1. The molecule has 2 aromatic rings. The van der Waals surface area contributed by atoms with E-state index in [1.807, 2.05) is 12.4 Å². The van der Waals surface area contributed by atoms with Crippen LogP contribution < -0.4 is 0 Å². The van der Waals surface area contributed by atoms with Crippen molar-refractivity contribution in [3.63, 3.8) is 0 Å². The second kappa shape index (κ2) is 5.46. The molecular formula is C19H25BN2O2. The highest BCUT2D eigenvalue weighted by Gasteiger charge is 2.52. The Hall–Kier alpha value is -1.59. The molecule has 4 nitrogen and oxygen atoms in total. The summed E-state index contributed by atoms with van der Waals surface area (Å²) in [5, 5.41) is 0. The van der Waals surface area contributed by atoms with E-state index < -0.39 is 0 Å². The van der Waals surface area contributed by atoms with Gasteiger partial charge in [-0.3, -0.25) is 0 Å². The number of aromatic nitrogens is 2. The molecule has 24 heavy (non-hydrogen) atoms. The van der Waals surface area contributed by atoms with Crippen molar-refractivity contribution in [2.24, 2.45) is 0 Å². The minimum absolute atomic E-state index is 0.199. The molecule has 1 unspecified atom stereocenters. The Bertz CT molecular complexity index is 778. The summed E-state index contributed by atoms with van der Waals surface area (Å²) in [5.74, 6) is 0. The Kier molecular flexibility index (Phi) is 3.62. The molecule has 1 aliphatic carbocycles. The zero-order valence-electron chi connectivity index (χ0n) is 15.0. The van der Waals surface area contributed by atoms with Gasteiger partial charge in [0.25, 0.3) is 0 Å². The lowest BCUT2D eigenvalue weighted by Crippen LogP contribution is -2.41. The number of nitrogens with zero attached hydrogens (tertiary/aromatic N) is 2. The smallest absolute Gasteiger partial charge is 0.400 e. The number of hydrogen-bond donors (Lipinski definition) is 0. The predicted molar refractivity (Wildman–Crippen MR) is 96.8 cm³/mol. The van der Waals surface area contributed by atoms with Crippen molar-refractivity contribution in [3.05, 3.63) is 42.1 Å². The number of allylic oxidation sites excluding steroid dienone is 2. The number of imidazole rings is 1. The molecule has 2 heterocycles. The molecule has 1 saturated heterocycles. The van der Waals surface area contributed by atoms with Gasteiger partial charge in [0, 0.05) is 6.04 Å². The standard InChI is InChI=1S/C19H25BN2O2/c1-18(2)19(3,4)24-20(23-18)14-9-11-15(12-10-14)22-13-21-16-7-5-6-8-17(16)22/h5-9,13,15H,10-12H2,1-4H3. The van der Waals surface area contributed by atoms with Gasteiger partial charge < -0.3 is 13.9 Å². The van der Waals surface area contributed by atoms with Crippen molar-refractivity contribution in [2.45, 2.75) is 64.2 Å². The van der Waals surface area contributed by atoms with E-state index in [0.29, 0.717) is 6.04 Å². The summed E-state index contributed by atoms with van der Waals surface area (Å²) in [4.78, 5) is 4.52. The molecule has 0 bridgehead atoms. The summed E-state index contributed by atoms with van der Waals surface area (Å²) in [6, 6.07) is 8.80. The van der Waals surface area contributed by atoms with Crippen LogP contribution in [0, 0.1) is 0 Å². The van der Waals surface area contributed by atoms with Crippen LogP contribution in [0.4, 0.5) is 0 Å². The Morgan fingerprint density at radius 2 is 1.83 bits per heavy atom. The molecule has 0 spiro atoms. The summed E-state index contributed by atoms with van der Waals surface area (Å²) < 4.78 is 14.7. The maximum atomic E-state index is 6.19. The van der Waals surface area contributed by atoms with Crippen LogP contribution in [-0.4, -0.2) is 27.9 Å². The molecule has 126 valence electrons. The maximum Gasteiger partial charge on any atom is 0.490 e. The average molecular weight is 324 g/mol. The molecule has 1 aromatic heterocycles. The van der Waals surface area contributed by atoms with E-state index in [4.69, 9.17) is 9.31 Å². The zero-order valence-corrected chi connectivity index (χ0v) is 15.0. The molecule has 1 aromatic carbocycles. The first kappa shape index (κ1) is 15.9. The van der Waals surface area contributed by atoms with Crippen LogP contribution >= 0.6 is 0 Å². The van der Waals surface area contributed by atoms with Crippen LogP contribution in [0.1, 0.15) is 53.0 Å². The molecule has 1 atom stereocenters. The minimum atomic E-state index is -0.268. The van der Waals surface area contributed by atoms with Crippen molar-refractivity contribution in [3.8, 4) is 0 Å². The molecule has 5 heteroatoms. The molecule has 0 amide bonds. The van der Waals surface area contributed by atoms with Gasteiger partial charge in [0.2, 0.25) is 0 Å². The highest BCUT2D eigenvalue weighted by Crippen LogP contribution is 2.41. The van der Waals surface area contributed by atoms with E-state index in [1.165, 1.54) is 11.0 Å². The van der Waals surface area contributed by atoms with Gasteiger partial charge in [-0.05, 0) is 64.6 Å². The molecule has 1 aliphatic heterocycles. The lowest BCUT2D eigenvalue weighted by Gasteiger charge is -2.32. The van der Waals surface area contributed by atoms with Crippen LogP contribution in [0.15, 0.2) is 42.1 Å². The van der Waals surface area contributed by atoms with E-state index in [0.717, 1.165) is 24.8 Å². The Morgan fingerprint density at radius 3 is 2.50 bits per heavy atom. The fraction of sp³-hybridized carbons (Fsp3) is 0.526. The first-order valence-electron chi connectivity index (χ1n) is 8.83. The molecule has 0 saturated carbocycles. The van der Waals surface area contributed by atoms with Gasteiger partial charge in [-0.1, -0.05) is 18.2 Å². The Morgan fingerprint density at radius 1 is 1.12 bits per heavy atom. The van der Waals surface area contributed by atoms with Gasteiger partial charge >= 0.3 is 7.12 Å². The normalized spacial score (nSPS) is 25.9. The van der Waals surface area contributed by atoms with Gasteiger partial charge in [-0.2, -0.15) is 0 Å². The average Bonchev–Trinajstić information content (AvgIpc) is 3.06. The van der Waals surface area contributed by atoms with Crippen molar-refractivity contribution in [2.75, 3.05) is 0 Å². The predicted octanol–water partition coefficient (Wildman–Crippen LogP) is 4.32. The summed E-state index contributed by atoms with van der Waals surface area (Å²) >= 11 is 0. The van der Waals surface area contributed by atoms with E-state index in [2.05, 4.69) is 61.5 Å². The molecule has 0 N–H and O–H groups in total. The lowest BCUT2D eigenvalue weighted by molar-refractivity contribution is 0.00578. The minimum Gasteiger partial charge on any atom is -0.400 e. The van der Waals surface area contributed by atoms with Gasteiger partial charge in [-0.25, -0.2) is 4.98 Å². The number of para-hydroxylation sites is 2. The Balaban J connectivity index is 1.52. The summed E-state index contributed by atoms with van der Waals surface area (Å²) in [6.45, 7) is 8.43. The van der Waals surface area contributed by atoms with E-state index in [1.54, 1.807) is 0 Å². The SMILES string of the molecule is CC1(C)OB(C2=CCC(n3cnc4ccccc43)CC2)OC1(C)C. The topological polar surface area (TPSA) is 36.3 Å². The molecule has 0 radical (unpaired) electrons. The second-order valence-electron chi connectivity index (χ2n) is 7.94. The van der Waals surface area contributed by atoms with Crippen LogP contribution in [0.5, 0.6) is 0 Å². The first-order valence-corrected chi connectivity index (χ1v) is 8.83. The van der Waals surface area contributed by atoms with E-state index >= 15 is 0 Å². The van der Waals surface area contributed by atoms with Crippen LogP contribution in [0.3, 0.4) is 0 Å². The Labute approximate surface area is 144 Å². The first-order chi connectivity index (χ1) is 11.4. The van der Waals surface area contributed by atoms with Gasteiger partial charge in [0.1, 0.15) is 0 Å². The molecule has 2 aliphatic rings. The van der Waals surface area contributed by atoms with Gasteiger partial charge in [0.05, 0.1) is 28.6 Å². The highest BCUT2D eigenvalue weighted by atomic mass is 16.7. The van der Waals surface area contributed by atoms with Crippen LogP contribution in [0.2, 0.25) is 0 Å². The third-order valence-electron chi connectivity index (χ3n) is 5.85. The lowest BCUT2D eigenvalue weighted by atomic mass is 9.72. The fourth-order valence-corrected chi connectivity index (χ4v) is 3.57. The van der Waals surface area contributed by atoms with Crippen molar-refractivity contribution >= 4 is 18.2 Å². The van der Waals surface area contributed by atoms with E-state index in [-0.39, 0.29) is 18.3 Å². The van der Waals surface area contributed by atoms with Crippen LogP contribution in [0.25, 0.3) is 11.0 Å². The van der Waals surface area contributed by atoms with Crippen molar-refractivity contribution in [1.82, 2.24) is 9.55 Å². The third-order valence-corrected chi connectivity index (χ3v) is 5.85. The second-order valence-corrected chi connectivity index (χ2v) is 7.94. The quantitative estimate of drug-likeness (QED) is 0.772. The highest BCUT2D eigenvalue weighted by molar-refractivity contribution is 6.54. The molecule has 4 rings (SSSR count). The number of rotatable bonds is 2. The zero-order chi connectivity index (χ0) is 16.9. The summed E-state index contributed by atoms with van der Waals surface area (Å²) in [6.07, 6.45) is 7.39. The fourth-order valence-electron chi connectivity index (χ4n) is 3.57. The largest absolute Gasteiger partial charge is 0.490 e. The number of hydrogen-bond acceptors (Lipinski definition) is 3.